The standard InChI is InChI=1S/C18H15N3O4S2/c1-8-4-5-11(25-8)13-12(14(22)16-9(2)20-10(3)27-16)15(23)17(24)21(13)18-19-6-7-26-18/h4-7,13,23H,1-3H3. The molecule has 0 saturated carbocycles. The number of anilines is 1. The van der Waals surface area contributed by atoms with Crippen LogP contribution in [0.5, 0.6) is 0 Å². The fourth-order valence-corrected chi connectivity index (χ4v) is 4.64. The number of carbonyl (C=O) groups is 2. The molecule has 1 aliphatic rings. The Balaban J connectivity index is 1.88. The number of hydrogen-bond donors (Lipinski definition) is 1. The van der Waals surface area contributed by atoms with Crippen molar-refractivity contribution in [1.82, 2.24) is 9.97 Å². The van der Waals surface area contributed by atoms with Crippen molar-refractivity contribution >= 4 is 39.5 Å². The third-order valence-corrected chi connectivity index (χ3v) is 6.06. The third kappa shape index (κ3) is 2.79. The van der Waals surface area contributed by atoms with Crippen LogP contribution in [0.1, 0.15) is 37.9 Å². The molecular formula is C18H15N3O4S2. The SMILES string of the molecule is Cc1ccc(C2C(C(=O)c3sc(C)nc3C)=C(O)C(=O)N2c2nccs2)o1. The van der Waals surface area contributed by atoms with E-state index in [-0.39, 0.29) is 5.57 Å². The number of rotatable bonds is 4. The van der Waals surface area contributed by atoms with Crippen LogP contribution in [0, 0.1) is 20.8 Å². The fourth-order valence-electron chi connectivity index (χ4n) is 3.10. The number of nitrogens with zero attached hydrogens (tertiary/aromatic N) is 3. The van der Waals surface area contributed by atoms with Crippen molar-refractivity contribution in [3.05, 3.63) is 62.1 Å². The lowest BCUT2D eigenvalue weighted by molar-refractivity contribution is -0.117. The van der Waals surface area contributed by atoms with E-state index in [1.807, 2.05) is 0 Å². The van der Waals surface area contributed by atoms with Crippen LogP contribution in [0.3, 0.4) is 0 Å². The van der Waals surface area contributed by atoms with Gasteiger partial charge in [0.1, 0.15) is 17.6 Å². The highest BCUT2D eigenvalue weighted by Crippen LogP contribution is 2.43. The Morgan fingerprint density at radius 1 is 1.30 bits per heavy atom. The highest BCUT2D eigenvalue weighted by molar-refractivity contribution is 7.14. The van der Waals surface area contributed by atoms with E-state index in [0.717, 1.165) is 5.01 Å². The molecule has 0 bridgehead atoms. The van der Waals surface area contributed by atoms with Gasteiger partial charge in [0, 0.05) is 11.6 Å². The molecule has 4 rings (SSSR count). The Morgan fingerprint density at radius 3 is 2.63 bits per heavy atom. The minimum atomic E-state index is -0.883. The first-order chi connectivity index (χ1) is 12.9. The smallest absolute Gasteiger partial charge is 0.296 e. The van der Waals surface area contributed by atoms with E-state index in [4.69, 9.17) is 4.42 Å². The number of aliphatic hydroxyl groups excluding tert-OH is 1. The van der Waals surface area contributed by atoms with Crippen molar-refractivity contribution in [3.8, 4) is 0 Å². The summed E-state index contributed by atoms with van der Waals surface area (Å²) in [6.45, 7) is 5.31. The maximum atomic E-state index is 13.3. The topological polar surface area (TPSA) is 96.5 Å². The molecule has 0 spiro atoms. The van der Waals surface area contributed by atoms with Gasteiger partial charge in [-0.2, -0.15) is 0 Å². The summed E-state index contributed by atoms with van der Waals surface area (Å²) >= 11 is 2.48. The molecule has 3 aromatic rings. The Kier molecular flexibility index (Phi) is 4.20. The van der Waals surface area contributed by atoms with Gasteiger partial charge in [0.25, 0.3) is 5.91 Å². The normalized spacial score (nSPS) is 17.2. The van der Waals surface area contributed by atoms with Gasteiger partial charge in [-0.15, -0.1) is 22.7 Å². The zero-order chi connectivity index (χ0) is 19.3. The number of aromatic nitrogens is 2. The van der Waals surface area contributed by atoms with Gasteiger partial charge >= 0.3 is 0 Å². The first kappa shape index (κ1) is 17.6. The molecule has 0 radical (unpaired) electrons. The Bertz CT molecular complexity index is 1080. The minimum Gasteiger partial charge on any atom is -0.503 e. The van der Waals surface area contributed by atoms with E-state index in [1.165, 1.54) is 27.6 Å². The van der Waals surface area contributed by atoms with Gasteiger partial charge in [0.2, 0.25) is 5.78 Å². The molecule has 7 nitrogen and oxygen atoms in total. The molecule has 9 heteroatoms. The largest absolute Gasteiger partial charge is 0.503 e. The molecule has 1 N–H and O–H groups in total. The highest BCUT2D eigenvalue weighted by atomic mass is 32.1. The second-order valence-electron chi connectivity index (χ2n) is 6.08. The van der Waals surface area contributed by atoms with Crippen molar-refractivity contribution in [2.24, 2.45) is 0 Å². The number of hydrogen-bond acceptors (Lipinski definition) is 8. The molecule has 1 atom stereocenters. The Labute approximate surface area is 162 Å². The molecular weight excluding hydrogens is 386 g/mol. The zero-order valence-corrected chi connectivity index (χ0v) is 16.3. The summed E-state index contributed by atoms with van der Waals surface area (Å²) in [6.07, 6.45) is 1.56. The summed E-state index contributed by atoms with van der Waals surface area (Å²) < 4.78 is 5.72. The number of aliphatic hydroxyl groups is 1. The molecule has 0 aromatic carbocycles. The quantitative estimate of drug-likeness (QED) is 0.666. The predicted octanol–water partition coefficient (Wildman–Crippen LogP) is 3.90. The minimum absolute atomic E-state index is 0.0173. The van der Waals surface area contributed by atoms with Gasteiger partial charge in [-0.05, 0) is 32.9 Å². The number of thiazole rings is 2. The second kappa shape index (κ2) is 6.43. The summed E-state index contributed by atoms with van der Waals surface area (Å²) in [7, 11) is 0. The van der Waals surface area contributed by atoms with Gasteiger partial charge in [0.15, 0.2) is 10.9 Å². The molecule has 0 aliphatic carbocycles. The Hall–Kier alpha value is -2.78. The van der Waals surface area contributed by atoms with Gasteiger partial charge in [-0.1, -0.05) is 0 Å². The lowest BCUT2D eigenvalue weighted by atomic mass is 10.00. The maximum absolute atomic E-state index is 13.3. The van der Waals surface area contributed by atoms with E-state index < -0.39 is 23.5 Å². The van der Waals surface area contributed by atoms with Gasteiger partial charge in [0.05, 0.1) is 21.2 Å². The number of aryl methyl sites for hydroxylation is 3. The van der Waals surface area contributed by atoms with Gasteiger partial charge in [-0.25, -0.2) is 9.97 Å². The summed E-state index contributed by atoms with van der Waals surface area (Å²) in [5.74, 6) is -0.658. The van der Waals surface area contributed by atoms with Crippen LogP contribution in [0.15, 0.2) is 39.5 Å². The maximum Gasteiger partial charge on any atom is 0.296 e. The average molecular weight is 401 g/mol. The lowest BCUT2D eigenvalue weighted by Gasteiger charge is -2.22. The van der Waals surface area contributed by atoms with E-state index in [1.54, 1.807) is 44.5 Å². The second-order valence-corrected chi connectivity index (χ2v) is 8.16. The zero-order valence-electron chi connectivity index (χ0n) is 14.7. The van der Waals surface area contributed by atoms with Crippen LogP contribution in [-0.2, 0) is 4.79 Å². The summed E-state index contributed by atoms with van der Waals surface area (Å²) in [6, 6.07) is 2.57. The molecule has 1 amide bonds. The van der Waals surface area contributed by atoms with Gasteiger partial charge < -0.3 is 9.52 Å². The number of furan rings is 1. The van der Waals surface area contributed by atoms with Crippen molar-refractivity contribution in [3.63, 3.8) is 0 Å². The summed E-state index contributed by atoms with van der Waals surface area (Å²) in [4.78, 5) is 36.2. The number of carbonyl (C=O) groups excluding carboxylic acids is 2. The van der Waals surface area contributed by atoms with Crippen molar-refractivity contribution in [2.75, 3.05) is 4.90 Å². The first-order valence-corrected chi connectivity index (χ1v) is 9.79. The number of Topliss-reactive ketones (excluding diaryl/α,β-unsaturated/α-hetero) is 1. The lowest BCUT2D eigenvalue weighted by Crippen LogP contribution is -2.30. The van der Waals surface area contributed by atoms with E-state index in [9.17, 15) is 14.7 Å². The van der Waals surface area contributed by atoms with E-state index >= 15 is 0 Å². The van der Waals surface area contributed by atoms with Crippen molar-refractivity contribution < 1.29 is 19.1 Å². The third-order valence-electron chi connectivity index (χ3n) is 4.22. The van der Waals surface area contributed by atoms with Crippen LogP contribution < -0.4 is 4.90 Å². The van der Waals surface area contributed by atoms with Crippen LogP contribution >= 0.6 is 22.7 Å². The molecule has 27 heavy (non-hydrogen) atoms. The highest BCUT2D eigenvalue weighted by Gasteiger charge is 2.47. The van der Waals surface area contributed by atoms with Crippen LogP contribution in [0.2, 0.25) is 0 Å². The van der Waals surface area contributed by atoms with Crippen LogP contribution in [-0.4, -0.2) is 26.8 Å². The summed E-state index contributed by atoms with van der Waals surface area (Å²) in [5, 5.41) is 13.4. The van der Waals surface area contributed by atoms with Crippen LogP contribution in [0.4, 0.5) is 5.13 Å². The monoisotopic (exact) mass is 401 g/mol. The first-order valence-electron chi connectivity index (χ1n) is 8.09. The predicted molar refractivity (Wildman–Crippen MR) is 101 cm³/mol. The van der Waals surface area contributed by atoms with E-state index in [2.05, 4.69) is 9.97 Å². The van der Waals surface area contributed by atoms with Crippen molar-refractivity contribution in [2.45, 2.75) is 26.8 Å². The molecule has 1 aliphatic heterocycles. The average Bonchev–Trinajstić information content (AvgIpc) is 3.37. The molecule has 138 valence electrons. The fraction of sp³-hybridized carbons (Fsp3) is 0.222. The molecule has 3 aromatic heterocycles. The molecule has 1 unspecified atom stereocenters. The van der Waals surface area contributed by atoms with Crippen LogP contribution in [0.25, 0.3) is 0 Å². The molecule has 4 heterocycles. The van der Waals surface area contributed by atoms with E-state index in [0.29, 0.717) is 27.2 Å². The summed E-state index contributed by atoms with van der Waals surface area (Å²) in [5.41, 5.74) is 0.550. The van der Waals surface area contributed by atoms with Gasteiger partial charge in [-0.3, -0.25) is 14.5 Å². The molecule has 0 saturated heterocycles. The van der Waals surface area contributed by atoms with Crippen molar-refractivity contribution in [1.29, 1.82) is 0 Å². The molecule has 0 fully saturated rings. The number of ketones is 1. The Morgan fingerprint density at radius 2 is 2.07 bits per heavy atom. The number of amides is 1.